The summed E-state index contributed by atoms with van der Waals surface area (Å²) in [6, 6.07) is 10.4. The van der Waals surface area contributed by atoms with Gasteiger partial charge in [-0.05, 0) is 36.6 Å². The number of nitrogens with one attached hydrogen (secondary N) is 1. The molecule has 1 unspecified atom stereocenters. The van der Waals surface area contributed by atoms with Crippen LogP contribution in [0.25, 0.3) is 5.70 Å². The Bertz CT molecular complexity index is 564. The SMILES string of the molecule is C/C=C(\C=C/CC)C1C=C(Cl)C=C(c2ccccc2)N1. The first kappa shape index (κ1) is 14.7. The molecule has 1 heterocycles. The summed E-state index contributed by atoms with van der Waals surface area (Å²) in [6.07, 6.45) is 11.5. The smallest absolute Gasteiger partial charge is 0.0712 e. The van der Waals surface area contributed by atoms with Gasteiger partial charge in [0.05, 0.1) is 6.04 Å². The van der Waals surface area contributed by atoms with Crippen LogP contribution in [0.4, 0.5) is 0 Å². The zero-order valence-electron chi connectivity index (χ0n) is 11.9. The van der Waals surface area contributed by atoms with Crippen molar-refractivity contribution in [1.29, 1.82) is 0 Å². The molecule has 1 aliphatic heterocycles. The van der Waals surface area contributed by atoms with Crippen LogP contribution in [0.5, 0.6) is 0 Å². The van der Waals surface area contributed by atoms with E-state index in [0.29, 0.717) is 0 Å². The molecule has 0 spiro atoms. The summed E-state index contributed by atoms with van der Waals surface area (Å²) in [5, 5.41) is 4.32. The van der Waals surface area contributed by atoms with E-state index >= 15 is 0 Å². The summed E-state index contributed by atoms with van der Waals surface area (Å²) in [5.74, 6) is 0. The normalized spacial score (nSPS) is 19.6. The number of allylic oxidation sites excluding steroid dienone is 4. The van der Waals surface area contributed by atoms with E-state index in [9.17, 15) is 0 Å². The van der Waals surface area contributed by atoms with Crippen LogP contribution < -0.4 is 5.32 Å². The monoisotopic (exact) mass is 285 g/mol. The fraction of sp³-hybridized carbons (Fsp3) is 0.222. The summed E-state index contributed by atoms with van der Waals surface area (Å²) >= 11 is 6.28. The molecular formula is C18H20ClN. The van der Waals surface area contributed by atoms with Crippen LogP contribution in [-0.4, -0.2) is 6.04 Å². The van der Waals surface area contributed by atoms with Crippen LogP contribution in [0.3, 0.4) is 0 Å². The van der Waals surface area contributed by atoms with Gasteiger partial charge in [-0.1, -0.05) is 67.1 Å². The number of hydrogen-bond donors (Lipinski definition) is 1. The van der Waals surface area contributed by atoms with Crippen LogP contribution in [0, 0.1) is 0 Å². The van der Waals surface area contributed by atoms with Gasteiger partial charge in [0.15, 0.2) is 0 Å². The standard InChI is InChI=1S/C18H20ClN/c1-3-5-9-14(4-2)17-12-16(19)13-18(20-17)15-10-7-6-8-11-15/h4-13,17,20H,3H2,1-2H3/b9-5-,14-4+. The molecule has 0 saturated carbocycles. The highest BCUT2D eigenvalue weighted by molar-refractivity contribution is 6.31. The molecule has 0 aliphatic carbocycles. The predicted octanol–water partition coefficient (Wildman–Crippen LogP) is 5.03. The Morgan fingerprint density at radius 3 is 2.70 bits per heavy atom. The lowest BCUT2D eigenvalue weighted by Crippen LogP contribution is -2.29. The molecule has 1 aromatic rings. The summed E-state index contributed by atoms with van der Waals surface area (Å²) in [7, 11) is 0. The highest BCUT2D eigenvalue weighted by Gasteiger charge is 2.16. The van der Waals surface area contributed by atoms with Gasteiger partial charge in [0.2, 0.25) is 0 Å². The first-order valence-electron chi connectivity index (χ1n) is 6.98. The summed E-state index contributed by atoms with van der Waals surface area (Å²) < 4.78 is 0. The Hall–Kier alpha value is -1.73. The Balaban J connectivity index is 2.25. The first-order chi connectivity index (χ1) is 9.74. The van der Waals surface area contributed by atoms with Crippen LogP contribution in [-0.2, 0) is 0 Å². The molecule has 20 heavy (non-hydrogen) atoms. The zero-order valence-corrected chi connectivity index (χ0v) is 12.7. The fourth-order valence-corrected chi connectivity index (χ4v) is 2.43. The Labute approximate surface area is 126 Å². The van der Waals surface area contributed by atoms with E-state index in [2.05, 4.69) is 49.5 Å². The quantitative estimate of drug-likeness (QED) is 0.765. The molecule has 1 aromatic carbocycles. The molecule has 104 valence electrons. The van der Waals surface area contributed by atoms with Crippen LogP contribution in [0.15, 0.2) is 71.3 Å². The highest BCUT2D eigenvalue weighted by atomic mass is 35.5. The van der Waals surface area contributed by atoms with E-state index in [4.69, 9.17) is 11.6 Å². The molecule has 1 nitrogen and oxygen atoms in total. The van der Waals surface area contributed by atoms with Crippen molar-refractivity contribution in [3.63, 3.8) is 0 Å². The van der Waals surface area contributed by atoms with E-state index in [0.717, 1.165) is 22.7 Å². The third-order valence-electron chi connectivity index (χ3n) is 3.24. The summed E-state index contributed by atoms with van der Waals surface area (Å²) in [6.45, 7) is 4.19. The molecule has 1 N–H and O–H groups in total. The third-order valence-corrected chi connectivity index (χ3v) is 3.48. The van der Waals surface area contributed by atoms with Gasteiger partial charge in [0.25, 0.3) is 0 Å². The topological polar surface area (TPSA) is 12.0 Å². The number of dihydropyridines is 1. The Kier molecular flexibility index (Phi) is 5.25. The second-order valence-corrected chi connectivity index (χ2v) is 5.13. The van der Waals surface area contributed by atoms with Gasteiger partial charge in [-0.2, -0.15) is 0 Å². The zero-order chi connectivity index (χ0) is 14.4. The van der Waals surface area contributed by atoms with Crippen molar-refractivity contribution in [1.82, 2.24) is 5.32 Å². The average molecular weight is 286 g/mol. The highest BCUT2D eigenvalue weighted by Crippen LogP contribution is 2.24. The molecule has 2 rings (SSSR count). The van der Waals surface area contributed by atoms with Gasteiger partial charge in [-0.25, -0.2) is 0 Å². The van der Waals surface area contributed by atoms with Crippen molar-refractivity contribution in [3.8, 4) is 0 Å². The second-order valence-electron chi connectivity index (χ2n) is 4.70. The molecule has 1 atom stereocenters. The number of benzene rings is 1. The van der Waals surface area contributed by atoms with Gasteiger partial charge >= 0.3 is 0 Å². The minimum atomic E-state index is 0.121. The van der Waals surface area contributed by atoms with Crippen molar-refractivity contribution in [3.05, 3.63) is 76.9 Å². The van der Waals surface area contributed by atoms with Crippen molar-refractivity contribution in [2.24, 2.45) is 0 Å². The minimum Gasteiger partial charge on any atom is -0.374 e. The van der Waals surface area contributed by atoms with E-state index in [1.165, 1.54) is 5.57 Å². The second kappa shape index (κ2) is 7.16. The van der Waals surface area contributed by atoms with Gasteiger partial charge in [0.1, 0.15) is 0 Å². The van der Waals surface area contributed by atoms with E-state index in [-0.39, 0.29) is 6.04 Å². The lowest BCUT2D eigenvalue weighted by atomic mass is 10.0. The Morgan fingerprint density at radius 2 is 2.05 bits per heavy atom. The van der Waals surface area contributed by atoms with Gasteiger partial charge in [-0.15, -0.1) is 0 Å². The summed E-state index contributed by atoms with van der Waals surface area (Å²) in [5.41, 5.74) is 3.44. The number of hydrogen-bond acceptors (Lipinski definition) is 1. The first-order valence-corrected chi connectivity index (χ1v) is 7.36. The lowest BCUT2D eigenvalue weighted by Gasteiger charge is -2.24. The number of rotatable bonds is 4. The molecular weight excluding hydrogens is 266 g/mol. The molecule has 0 bridgehead atoms. The minimum absolute atomic E-state index is 0.121. The van der Waals surface area contributed by atoms with Crippen LogP contribution in [0.1, 0.15) is 25.8 Å². The Morgan fingerprint density at radius 1 is 1.30 bits per heavy atom. The van der Waals surface area contributed by atoms with Crippen LogP contribution in [0.2, 0.25) is 0 Å². The van der Waals surface area contributed by atoms with Crippen molar-refractivity contribution in [2.75, 3.05) is 0 Å². The summed E-state index contributed by atoms with van der Waals surface area (Å²) in [4.78, 5) is 0. The molecule has 0 aromatic heterocycles. The molecule has 0 radical (unpaired) electrons. The maximum atomic E-state index is 6.28. The van der Waals surface area contributed by atoms with Crippen molar-refractivity contribution in [2.45, 2.75) is 26.3 Å². The van der Waals surface area contributed by atoms with E-state index < -0.39 is 0 Å². The maximum absolute atomic E-state index is 6.28. The predicted molar refractivity (Wildman–Crippen MR) is 88.5 cm³/mol. The van der Waals surface area contributed by atoms with E-state index in [1.807, 2.05) is 30.4 Å². The average Bonchev–Trinajstić information content (AvgIpc) is 2.48. The molecule has 0 fully saturated rings. The van der Waals surface area contributed by atoms with Gasteiger partial charge in [0, 0.05) is 10.7 Å². The maximum Gasteiger partial charge on any atom is 0.0712 e. The molecule has 1 aliphatic rings. The third kappa shape index (κ3) is 3.64. The van der Waals surface area contributed by atoms with Crippen molar-refractivity contribution < 1.29 is 0 Å². The fourth-order valence-electron chi connectivity index (χ4n) is 2.19. The van der Waals surface area contributed by atoms with Gasteiger partial charge in [-0.3, -0.25) is 0 Å². The van der Waals surface area contributed by atoms with Crippen molar-refractivity contribution >= 4 is 17.3 Å². The van der Waals surface area contributed by atoms with Gasteiger partial charge < -0.3 is 5.32 Å². The lowest BCUT2D eigenvalue weighted by molar-refractivity contribution is 0.814. The largest absolute Gasteiger partial charge is 0.374 e. The molecule has 2 heteroatoms. The van der Waals surface area contributed by atoms with E-state index in [1.54, 1.807) is 0 Å². The van der Waals surface area contributed by atoms with Crippen LogP contribution >= 0.6 is 11.6 Å². The number of halogens is 1. The molecule has 0 amide bonds. The molecule has 0 saturated heterocycles.